The fourth-order valence-electron chi connectivity index (χ4n) is 2.23. The second kappa shape index (κ2) is 5.42. The number of nitrogens with two attached hydrogens (primary N) is 1. The van der Waals surface area contributed by atoms with Crippen LogP contribution in [0.2, 0.25) is 0 Å². The molecule has 2 N–H and O–H groups in total. The average Bonchev–Trinajstić information content (AvgIpc) is 2.58. The zero-order valence-corrected chi connectivity index (χ0v) is 12.0. The molecule has 3 nitrogen and oxygen atoms in total. The SMILES string of the molecule is Cc1nc(CN2CCCC(C(N)=S)C2)sc1C. The topological polar surface area (TPSA) is 42.2 Å². The summed E-state index contributed by atoms with van der Waals surface area (Å²) in [6.45, 7) is 7.27. The number of hydrogen-bond acceptors (Lipinski definition) is 4. The number of aromatic nitrogens is 1. The van der Waals surface area contributed by atoms with Crippen molar-refractivity contribution in [3.63, 3.8) is 0 Å². The zero-order chi connectivity index (χ0) is 12.4. The molecule has 5 heteroatoms. The second-order valence-electron chi connectivity index (χ2n) is 4.73. The third-order valence-electron chi connectivity index (χ3n) is 3.34. The van der Waals surface area contributed by atoms with Gasteiger partial charge >= 0.3 is 0 Å². The van der Waals surface area contributed by atoms with E-state index < -0.39 is 0 Å². The summed E-state index contributed by atoms with van der Waals surface area (Å²) in [5.41, 5.74) is 6.90. The molecule has 94 valence electrons. The molecule has 0 aromatic carbocycles. The summed E-state index contributed by atoms with van der Waals surface area (Å²) < 4.78 is 0. The van der Waals surface area contributed by atoms with Gasteiger partial charge in [0.25, 0.3) is 0 Å². The third-order valence-corrected chi connectivity index (χ3v) is 4.73. The Morgan fingerprint density at radius 2 is 2.35 bits per heavy atom. The van der Waals surface area contributed by atoms with Crippen molar-refractivity contribution in [2.45, 2.75) is 33.2 Å². The number of aryl methyl sites for hydroxylation is 2. The van der Waals surface area contributed by atoms with E-state index in [4.69, 9.17) is 18.0 Å². The van der Waals surface area contributed by atoms with Gasteiger partial charge in [-0.15, -0.1) is 11.3 Å². The van der Waals surface area contributed by atoms with Gasteiger partial charge in [-0.1, -0.05) is 12.2 Å². The number of likely N-dealkylation sites (tertiary alicyclic amines) is 1. The van der Waals surface area contributed by atoms with E-state index in [-0.39, 0.29) is 0 Å². The van der Waals surface area contributed by atoms with Gasteiger partial charge in [-0.2, -0.15) is 0 Å². The van der Waals surface area contributed by atoms with Crippen LogP contribution in [-0.2, 0) is 6.54 Å². The summed E-state index contributed by atoms with van der Waals surface area (Å²) in [6.07, 6.45) is 2.33. The van der Waals surface area contributed by atoms with Gasteiger partial charge < -0.3 is 5.73 Å². The van der Waals surface area contributed by atoms with Crippen molar-refractivity contribution < 1.29 is 0 Å². The lowest BCUT2D eigenvalue weighted by Crippen LogP contribution is -2.39. The Balaban J connectivity index is 1.96. The van der Waals surface area contributed by atoms with Crippen molar-refractivity contribution in [3.05, 3.63) is 15.6 Å². The third kappa shape index (κ3) is 3.24. The van der Waals surface area contributed by atoms with Gasteiger partial charge in [0.05, 0.1) is 17.2 Å². The van der Waals surface area contributed by atoms with Crippen LogP contribution >= 0.6 is 23.6 Å². The fourth-order valence-corrected chi connectivity index (χ4v) is 3.40. The normalized spacial score (nSPS) is 21.6. The van der Waals surface area contributed by atoms with Crippen LogP contribution < -0.4 is 5.73 Å². The summed E-state index contributed by atoms with van der Waals surface area (Å²) >= 11 is 6.90. The minimum Gasteiger partial charge on any atom is -0.393 e. The molecule has 1 aliphatic rings. The van der Waals surface area contributed by atoms with E-state index in [1.165, 1.54) is 16.3 Å². The molecule has 1 aromatic rings. The van der Waals surface area contributed by atoms with E-state index in [0.29, 0.717) is 10.9 Å². The minimum atomic E-state index is 0.390. The number of hydrogen-bond donors (Lipinski definition) is 1. The molecule has 1 unspecified atom stereocenters. The summed E-state index contributed by atoms with van der Waals surface area (Å²) in [4.78, 5) is 9.00. The first-order chi connectivity index (χ1) is 8.06. The van der Waals surface area contributed by atoms with E-state index in [9.17, 15) is 0 Å². The lowest BCUT2D eigenvalue weighted by molar-refractivity contribution is 0.197. The van der Waals surface area contributed by atoms with Crippen molar-refractivity contribution >= 4 is 28.5 Å². The van der Waals surface area contributed by atoms with Gasteiger partial charge in [-0.25, -0.2) is 4.98 Å². The Morgan fingerprint density at radius 1 is 1.59 bits per heavy atom. The standard InChI is InChI=1S/C12H19N3S2/c1-8-9(2)17-11(14-8)7-15-5-3-4-10(6-15)12(13)16/h10H,3-7H2,1-2H3,(H2,13,16). The highest BCUT2D eigenvalue weighted by molar-refractivity contribution is 7.80. The van der Waals surface area contributed by atoms with E-state index in [1.54, 1.807) is 11.3 Å². The van der Waals surface area contributed by atoms with E-state index in [0.717, 1.165) is 31.7 Å². The van der Waals surface area contributed by atoms with E-state index >= 15 is 0 Å². The van der Waals surface area contributed by atoms with Crippen molar-refractivity contribution in [3.8, 4) is 0 Å². The van der Waals surface area contributed by atoms with Crippen LogP contribution in [0.5, 0.6) is 0 Å². The predicted molar refractivity (Wildman–Crippen MR) is 76.4 cm³/mol. The molecule has 0 amide bonds. The van der Waals surface area contributed by atoms with Crippen LogP contribution in [0.15, 0.2) is 0 Å². The minimum absolute atomic E-state index is 0.390. The van der Waals surface area contributed by atoms with Gasteiger partial charge in [0.1, 0.15) is 5.01 Å². The van der Waals surface area contributed by atoms with Crippen LogP contribution in [0.4, 0.5) is 0 Å². The first-order valence-corrected chi connectivity index (χ1v) is 7.23. The maximum Gasteiger partial charge on any atom is 0.107 e. The lowest BCUT2D eigenvalue weighted by atomic mass is 9.98. The van der Waals surface area contributed by atoms with Crippen molar-refractivity contribution in [2.75, 3.05) is 13.1 Å². The molecule has 0 spiro atoms. The van der Waals surface area contributed by atoms with Crippen LogP contribution in [0.3, 0.4) is 0 Å². The number of nitrogens with zero attached hydrogens (tertiary/aromatic N) is 2. The Labute approximate surface area is 112 Å². The molecule has 2 heterocycles. The van der Waals surface area contributed by atoms with E-state index in [2.05, 4.69) is 23.7 Å². The molecule has 17 heavy (non-hydrogen) atoms. The number of piperidine rings is 1. The summed E-state index contributed by atoms with van der Waals surface area (Å²) in [5, 5.41) is 1.21. The Hall–Kier alpha value is -0.520. The fraction of sp³-hybridized carbons (Fsp3) is 0.667. The second-order valence-corrected chi connectivity index (χ2v) is 6.48. The molecular weight excluding hydrogens is 250 g/mol. The van der Waals surface area contributed by atoms with Gasteiger partial charge in [-0.3, -0.25) is 4.90 Å². The molecular formula is C12H19N3S2. The first-order valence-electron chi connectivity index (χ1n) is 6.01. The molecule has 2 rings (SSSR count). The highest BCUT2D eigenvalue weighted by atomic mass is 32.1. The number of rotatable bonds is 3. The molecule has 1 aliphatic heterocycles. The van der Waals surface area contributed by atoms with Crippen LogP contribution in [0.1, 0.15) is 28.4 Å². The number of thiocarbonyl (C=S) groups is 1. The average molecular weight is 269 g/mol. The quantitative estimate of drug-likeness (QED) is 0.855. The van der Waals surface area contributed by atoms with Crippen LogP contribution in [0.25, 0.3) is 0 Å². The molecule has 1 saturated heterocycles. The van der Waals surface area contributed by atoms with Crippen molar-refractivity contribution in [1.82, 2.24) is 9.88 Å². The molecule has 0 saturated carbocycles. The van der Waals surface area contributed by atoms with Gasteiger partial charge in [0, 0.05) is 17.3 Å². The van der Waals surface area contributed by atoms with Gasteiger partial charge in [0.15, 0.2) is 0 Å². The summed E-state index contributed by atoms with van der Waals surface area (Å²) in [7, 11) is 0. The first kappa shape index (κ1) is 12.9. The zero-order valence-electron chi connectivity index (χ0n) is 10.4. The molecule has 0 bridgehead atoms. The molecule has 0 radical (unpaired) electrons. The molecule has 1 aromatic heterocycles. The van der Waals surface area contributed by atoms with E-state index in [1.807, 2.05) is 0 Å². The lowest BCUT2D eigenvalue weighted by Gasteiger charge is -2.31. The highest BCUT2D eigenvalue weighted by Gasteiger charge is 2.22. The maximum absolute atomic E-state index is 5.74. The smallest absolute Gasteiger partial charge is 0.107 e. The van der Waals surface area contributed by atoms with Crippen LogP contribution in [0, 0.1) is 19.8 Å². The van der Waals surface area contributed by atoms with Crippen molar-refractivity contribution in [2.24, 2.45) is 11.7 Å². The monoisotopic (exact) mass is 269 g/mol. The Morgan fingerprint density at radius 3 is 2.94 bits per heavy atom. The highest BCUT2D eigenvalue weighted by Crippen LogP contribution is 2.22. The molecule has 0 aliphatic carbocycles. The maximum atomic E-state index is 5.74. The summed E-state index contributed by atoms with van der Waals surface area (Å²) in [6, 6.07) is 0. The molecule has 1 fully saturated rings. The van der Waals surface area contributed by atoms with Crippen LogP contribution in [-0.4, -0.2) is 28.0 Å². The largest absolute Gasteiger partial charge is 0.393 e. The Bertz CT molecular complexity index is 394. The van der Waals surface area contributed by atoms with Gasteiger partial charge in [-0.05, 0) is 33.2 Å². The number of thiazole rings is 1. The predicted octanol–water partition coefficient (Wildman–Crippen LogP) is 2.26. The van der Waals surface area contributed by atoms with Crippen molar-refractivity contribution in [1.29, 1.82) is 0 Å². The molecule has 1 atom stereocenters. The summed E-state index contributed by atoms with van der Waals surface area (Å²) in [5.74, 6) is 0.390. The Kier molecular flexibility index (Phi) is 4.12. The van der Waals surface area contributed by atoms with Gasteiger partial charge in [0.2, 0.25) is 0 Å².